The lowest BCUT2D eigenvalue weighted by molar-refractivity contribution is -0.118. The third kappa shape index (κ3) is 3.34. The van der Waals surface area contributed by atoms with E-state index in [1.54, 1.807) is 25.4 Å². The van der Waals surface area contributed by atoms with Crippen LogP contribution in [0.15, 0.2) is 23.1 Å². The molecular weight excluding hydrogens is 254 g/mol. The van der Waals surface area contributed by atoms with Crippen LogP contribution in [-0.2, 0) is 11.8 Å². The number of hydrogen-bond acceptors (Lipinski definition) is 3. The number of halogens is 1. The van der Waals surface area contributed by atoms with Crippen molar-refractivity contribution in [1.82, 2.24) is 9.88 Å². The van der Waals surface area contributed by atoms with E-state index >= 15 is 0 Å². The van der Waals surface area contributed by atoms with Crippen molar-refractivity contribution < 1.29 is 4.79 Å². The molecule has 1 atom stereocenters. The molecule has 2 rings (SSSR count). The summed E-state index contributed by atoms with van der Waals surface area (Å²) in [5.41, 5.74) is 0.157. The van der Waals surface area contributed by atoms with Gasteiger partial charge in [0, 0.05) is 13.2 Å². The SMILES string of the molecule is Cl.Cn1cccc(NC(=O)C2CCCCN2)c1=O. The molecule has 6 heteroatoms. The summed E-state index contributed by atoms with van der Waals surface area (Å²) in [6, 6.07) is 3.20. The van der Waals surface area contributed by atoms with Crippen LogP contribution in [0.1, 0.15) is 19.3 Å². The van der Waals surface area contributed by atoms with Crippen LogP contribution in [0.25, 0.3) is 0 Å². The molecule has 1 saturated heterocycles. The molecule has 1 aromatic heterocycles. The highest BCUT2D eigenvalue weighted by Crippen LogP contribution is 2.09. The minimum absolute atomic E-state index is 0. The highest BCUT2D eigenvalue weighted by molar-refractivity contribution is 5.94. The first-order valence-corrected chi connectivity index (χ1v) is 5.88. The minimum Gasteiger partial charge on any atom is -0.320 e. The Bertz CT molecular complexity index is 467. The Hall–Kier alpha value is -1.33. The molecule has 1 aliphatic rings. The normalized spacial score (nSPS) is 18.8. The van der Waals surface area contributed by atoms with Crippen LogP contribution in [0.2, 0.25) is 0 Å². The molecule has 5 nitrogen and oxygen atoms in total. The monoisotopic (exact) mass is 271 g/mol. The highest BCUT2D eigenvalue weighted by atomic mass is 35.5. The summed E-state index contributed by atoms with van der Waals surface area (Å²) >= 11 is 0. The van der Waals surface area contributed by atoms with Gasteiger partial charge in [-0.3, -0.25) is 9.59 Å². The van der Waals surface area contributed by atoms with E-state index in [0.29, 0.717) is 5.69 Å². The van der Waals surface area contributed by atoms with Gasteiger partial charge in [-0.25, -0.2) is 0 Å². The third-order valence-electron chi connectivity index (χ3n) is 3.01. The number of aryl methyl sites for hydroxylation is 1. The van der Waals surface area contributed by atoms with Crippen LogP contribution in [0.4, 0.5) is 5.69 Å². The van der Waals surface area contributed by atoms with E-state index in [1.807, 2.05) is 0 Å². The van der Waals surface area contributed by atoms with Crippen molar-refractivity contribution in [2.24, 2.45) is 7.05 Å². The van der Waals surface area contributed by atoms with Gasteiger partial charge in [-0.1, -0.05) is 6.42 Å². The maximum Gasteiger partial charge on any atom is 0.274 e. The Labute approximate surface area is 112 Å². The zero-order chi connectivity index (χ0) is 12.3. The van der Waals surface area contributed by atoms with Crippen LogP contribution in [0, 0.1) is 0 Å². The van der Waals surface area contributed by atoms with E-state index in [0.717, 1.165) is 25.8 Å². The van der Waals surface area contributed by atoms with Crippen LogP contribution >= 0.6 is 12.4 Å². The smallest absolute Gasteiger partial charge is 0.274 e. The van der Waals surface area contributed by atoms with E-state index < -0.39 is 0 Å². The lowest BCUT2D eigenvalue weighted by atomic mass is 10.0. The Balaban J connectivity index is 0.00000162. The molecule has 1 fully saturated rings. The quantitative estimate of drug-likeness (QED) is 0.840. The number of anilines is 1. The first-order chi connectivity index (χ1) is 8.18. The maximum atomic E-state index is 11.9. The van der Waals surface area contributed by atoms with Gasteiger partial charge >= 0.3 is 0 Å². The molecule has 100 valence electrons. The molecule has 0 bridgehead atoms. The molecule has 0 aliphatic carbocycles. The van der Waals surface area contributed by atoms with E-state index in [4.69, 9.17) is 0 Å². The Morgan fingerprint density at radius 1 is 1.50 bits per heavy atom. The van der Waals surface area contributed by atoms with Gasteiger partial charge in [0.1, 0.15) is 5.69 Å². The second-order valence-corrected chi connectivity index (χ2v) is 4.33. The molecule has 0 radical (unpaired) electrons. The minimum atomic E-state index is -0.184. The zero-order valence-corrected chi connectivity index (χ0v) is 11.1. The van der Waals surface area contributed by atoms with Gasteiger partial charge in [0.25, 0.3) is 5.56 Å². The lowest BCUT2D eigenvalue weighted by Crippen LogP contribution is -2.44. The first kappa shape index (κ1) is 14.7. The number of hydrogen-bond donors (Lipinski definition) is 2. The molecule has 0 saturated carbocycles. The van der Waals surface area contributed by atoms with Gasteiger partial charge in [-0.15, -0.1) is 12.4 Å². The van der Waals surface area contributed by atoms with Crippen molar-refractivity contribution >= 4 is 24.0 Å². The predicted octanol–water partition coefficient (Wildman–Crippen LogP) is 0.888. The molecule has 0 aromatic carbocycles. The predicted molar refractivity (Wildman–Crippen MR) is 73.2 cm³/mol. The molecule has 0 spiro atoms. The van der Waals surface area contributed by atoms with Gasteiger partial charge in [0.05, 0.1) is 6.04 Å². The number of carbonyl (C=O) groups excluding carboxylic acids is 1. The van der Waals surface area contributed by atoms with Gasteiger partial charge in [-0.05, 0) is 31.5 Å². The molecule has 18 heavy (non-hydrogen) atoms. The Kier molecular flexibility index (Phi) is 5.37. The fourth-order valence-corrected chi connectivity index (χ4v) is 1.99. The molecule has 1 aliphatic heterocycles. The molecule has 2 heterocycles. The average Bonchev–Trinajstić information content (AvgIpc) is 2.36. The summed E-state index contributed by atoms with van der Waals surface area (Å²) in [5.74, 6) is -0.118. The van der Waals surface area contributed by atoms with Gasteiger partial charge < -0.3 is 15.2 Å². The van der Waals surface area contributed by atoms with Crippen molar-refractivity contribution in [2.75, 3.05) is 11.9 Å². The zero-order valence-electron chi connectivity index (χ0n) is 10.3. The van der Waals surface area contributed by atoms with Crippen LogP contribution in [0.5, 0.6) is 0 Å². The van der Waals surface area contributed by atoms with Crippen molar-refractivity contribution in [3.05, 3.63) is 28.7 Å². The van der Waals surface area contributed by atoms with Gasteiger partial charge in [0.2, 0.25) is 5.91 Å². The fourth-order valence-electron chi connectivity index (χ4n) is 1.99. The summed E-state index contributed by atoms with van der Waals surface area (Å²) in [7, 11) is 1.66. The first-order valence-electron chi connectivity index (χ1n) is 5.88. The average molecular weight is 272 g/mol. The van der Waals surface area contributed by atoms with Crippen molar-refractivity contribution in [1.29, 1.82) is 0 Å². The van der Waals surface area contributed by atoms with Crippen LogP contribution in [-0.4, -0.2) is 23.1 Å². The number of nitrogens with zero attached hydrogens (tertiary/aromatic N) is 1. The lowest BCUT2D eigenvalue weighted by Gasteiger charge is -2.22. The number of aromatic nitrogens is 1. The maximum absolute atomic E-state index is 11.9. The number of nitrogens with one attached hydrogen (secondary N) is 2. The number of pyridine rings is 1. The highest BCUT2D eigenvalue weighted by Gasteiger charge is 2.21. The molecule has 1 unspecified atom stereocenters. The van der Waals surface area contributed by atoms with E-state index in [1.165, 1.54) is 4.57 Å². The third-order valence-corrected chi connectivity index (χ3v) is 3.01. The van der Waals surface area contributed by atoms with Crippen LogP contribution in [0.3, 0.4) is 0 Å². The molecular formula is C12H18ClN3O2. The topological polar surface area (TPSA) is 63.1 Å². The molecule has 2 N–H and O–H groups in total. The van der Waals surface area contributed by atoms with E-state index in [9.17, 15) is 9.59 Å². The second kappa shape index (κ2) is 6.56. The van der Waals surface area contributed by atoms with Crippen molar-refractivity contribution in [2.45, 2.75) is 25.3 Å². The largest absolute Gasteiger partial charge is 0.320 e. The standard InChI is InChI=1S/C12H17N3O2.ClH/c1-15-8-4-6-10(12(15)17)14-11(16)9-5-2-3-7-13-9;/h4,6,8-9,13H,2-3,5,7H2,1H3,(H,14,16);1H. The van der Waals surface area contributed by atoms with E-state index in [2.05, 4.69) is 10.6 Å². The summed E-state index contributed by atoms with van der Waals surface area (Å²) in [6.07, 6.45) is 4.66. The Morgan fingerprint density at radius 3 is 2.94 bits per heavy atom. The summed E-state index contributed by atoms with van der Waals surface area (Å²) in [6.45, 7) is 0.866. The number of piperidine rings is 1. The number of rotatable bonds is 2. The fraction of sp³-hybridized carbons (Fsp3) is 0.500. The number of amides is 1. The van der Waals surface area contributed by atoms with Gasteiger partial charge in [-0.2, -0.15) is 0 Å². The molecule has 1 amide bonds. The number of carbonyl (C=O) groups is 1. The summed E-state index contributed by atoms with van der Waals surface area (Å²) in [4.78, 5) is 23.6. The summed E-state index contributed by atoms with van der Waals surface area (Å²) < 4.78 is 1.45. The summed E-state index contributed by atoms with van der Waals surface area (Å²) in [5, 5.41) is 5.84. The van der Waals surface area contributed by atoms with E-state index in [-0.39, 0.29) is 29.9 Å². The Morgan fingerprint density at radius 2 is 2.28 bits per heavy atom. The second-order valence-electron chi connectivity index (χ2n) is 4.33. The van der Waals surface area contributed by atoms with Crippen molar-refractivity contribution in [3.63, 3.8) is 0 Å². The van der Waals surface area contributed by atoms with Crippen LogP contribution < -0.4 is 16.2 Å². The van der Waals surface area contributed by atoms with Gasteiger partial charge in [0.15, 0.2) is 0 Å². The molecule has 1 aromatic rings. The van der Waals surface area contributed by atoms with Crippen molar-refractivity contribution in [3.8, 4) is 0 Å².